The molecule has 0 radical (unpaired) electrons. The quantitative estimate of drug-likeness (QED) is 0.570. The van der Waals surface area contributed by atoms with Crippen LogP contribution in [0.3, 0.4) is 0 Å². The Morgan fingerprint density at radius 1 is 1.39 bits per heavy atom. The van der Waals surface area contributed by atoms with Gasteiger partial charge in [-0.15, -0.1) is 0 Å². The molecule has 6 heteroatoms. The molecule has 2 atom stereocenters. The Labute approximate surface area is 108 Å². The van der Waals surface area contributed by atoms with Crippen LogP contribution in [0.1, 0.15) is 26.7 Å². The summed E-state index contributed by atoms with van der Waals surface area (Å²) < 4.78 is 27.5. The largest absolute Gasteiger partial charge is 0.463 e. The fraction of sp³-hybridized carbons (Fsp3) is 0.750. The Morgan fingerprint density at radius 3 is 2.50 bits per heavy atom. The molecule has 0 spiro atoms. The lowest BCUT2D eigenvalue weighted by atomic mass is 9.91. The first-order valence-electron chi connectivity index (χ1n) is 6.08. The highest BCUT2D eigenvalue weighted by molar-refractivity contribution is 7.55. The number of allylic oxidation sites excluding steroid dienone is 1. The number of hydrogen-bond acceptors (Lipinski definition) is 5. The van der Waals surface area contributed by atoms with Crippen LogP contribution in [0.5, 0.6) is 0 Å². The molecule has 0 saturated carbocycles. The zero-order valence-electron chi connectivity index (χ0n) is 11.3. The zero-order chi connectivity index (χ0) is 13.8. The first kappa shape index (κ1) is 15.4. The number of esters is 1. The van der Waals surface area contributed by atoms with E-state index in [-0.39, 0.29) is 5.92 Å². The molecule has 18 heavy (non-hydrogen) atoms. The van der Waals surface area contributed by atoms with Crippen molar-refractivity contribution in [2.24, 2.45) is 5.92 Å². The number of hydrogen-bond donors (Lipinski definition) is 0. The van der Waals surface area contributed by atoms with E-state index in [1.165, 1.54) is 14.2 Å². The summed E-state index contributed by atoms with van der Waals surface area (Å²) >= 11 is 0. The van der Waals surface area contributed by atoms with Gasteiger partial charge in [0.2, 0.25) is 0 Å². The van der Waals surface area contributed by atoms with Crippen molar-refractivity contribution >= 4 is 13.6 Å². The number of ether oxygens (including phenoxy) is 1. The second-order valence-corrected chi connectivity index (χ2v) is 6.75. The highest BCUT2D eigenvalue weighted by atomic mass is 31.2. The van der Waals surface area contributed by atoms with Gasteiger partial charge in [0.05, 0.1) is 12.3 Å². The maximum absolute atomic E-state index is 12.4. The summed E-state index contributed by atoms with van der Waals surface area (Å²) in [4.78, 5) is 11.9. The molecule has 1 aliphatic carbocycles. The summed E-state index contributed by atoms with van der Waals surface area (Å²) in [5.74, 6) is -0.161. The Hall–Kier alpha value is -0.640. The monoisotopic (exact) mass is 276 g/mol. The molecule has 5 nitrogen and oxygen atoms in total. The van der Waals surface area contributed by atoms with Crippen molar-refractivity contribution in [1.29, 1.82) is 0 Å². The van der Waals surface area contributed by atoms with Gasteiger partial charge >= 0.3 is 13.6 Å². The van der Waals surface area contributed by atoms with E-state index in [4.69, 9.17) is 13.8 Å². The van der Waals surface area contributed by atoms with E-state index in [0.29, 0.717) is 18.6 Å². The summed E-state index contributed by atoms with van der Waals surface area (Å²) in [6, 6.07) is 0. The van der Waals surface area contributed by atoms with Crippen LogP contribution in [-0.4, -0.2) is 32.5 Å². The van der Waals surface area contributed by atoms with Crippen LogP contribution in [0.4, 0.5) is 0 Å². The van der Waals surface area contributed by atoms with Crippen molar-refractivity contribution in [1.82, 2.24) is 0 Å². The Balaban J connectivity index is 3.06. The first-order valence-corrected chi connectivity index (χ1v) is 7.69. The Kier molecular flexibility index (Phi) is 5.57. The summed E-state index contributed by atoms with van der Waals surface area (Å²) in [6.45, 7) is 4.05. The maximum atomic E-state index is 12.4. The van der Waals surface area contributed by atoms with Crippen LogP contribution in [0.2, 0.25) is 0 Å². The topological polar surface area (TPSA) is 61.8 Å². The lowest BCUT2D eigenvalue weighted by Crippen LogP contribution is -2.26. The standard InChI is InChI=1S/C12H21O5P/c1-5-17-12(13)10-8-9(2)6-7-11(10)18(14,15-3)16-4/h8-9,11H,5-7H2,1-4H3/t9-,11+/m0/s1. The molecular formula is C12H21O5P. The second-order valence-electron chi connectivity index (χ2n) is 4.32. The predicted molar refractivity (Wildman–Crippen MR) is 68.5 cm³/mol. The van der Waals surface area contributed by atoms with Crippen LogP contribution in [0, 0.1) is 5.92 Å². The third-order valence-electron chi connectivity index (χ3n) is 3.12. The Bertz CT molecular complexity index is 369. The summed E-state index contributed by atoms with van der Waals surface area (Å²) in [5.41, 5.74) is -0.106. The van der Waals surface area contributed by atoms with Crippen LogP contribution in [0.25, 0.3) is 0 Å². The molecule has 0 bridgehead atoms. The van der Waals surface area contributed by atoms with Gasteiger partial charge in [0.25, 0.3) is 0 Å². The van der Waals surface area contributed by atoms with E-state index < -0.39 is 19.2 Å². The molecule has 0 aromatic rings. The molecule has 0 heterocycles. The minimum atomic E-state index is -3.29. The van der Waals surface area contributed by atoms with Crippen LogP contribution in [-0.2, 0) is 23.1 Å². The van der Waals surface area contributed by atoms with Crippen molar-refractivity contribution in [3.05, 3.63) is 11.6 Å². The van der Waals surface area contributed by atoms with Gasteiger partial charge < -0.3 is 13.8 Å². The SMILES string of the molecule is CCOC(=O)C1=C[C@@H](C)CC[C@H]1P(=O)(OC)OC. The van der Waals surface area contributed by atoms with E-state index in [9.17, 15) is 9.36 Å². The van der Waals surface area contributed by atoms with E-state index in [2.05, 4.69) is 0 Å². The van der Waals surface area contributed by atoms with Crippen molar-refractivity contribution in [3.63, 3.8) is 0 Å². The maximum Gasteiger partial charge on any atom is 0.337 e. The van der Waals surface area contributed by atoms with Gasteiger partial charge in [-0.3, -0.25) is 4.57 Å². The average molecular weight is 276 g/mol. The fourth-order valence-corrected chi connectivity index (χ4v) is 3.81. The molecular weight excluding hydrogens is 255 g/mol. The van der Waals surface area contributed by atoms with Crippen molar-refractivity contribution < 1.29 is 23.1 Å². The number of carbonyl (C=O) groups is 1. The van der Waals surface area contributed by atoms with E-state index in [1.807, 2.05) is 13.0 Å². The fourth-order valence-electron chi connectivity index (χ4n) is 2.15. The molecule has 1 aliphatic rings. The molecule has 0 aromatic heterocycles. The summed E-state index contributed by atoms with van der Waals surface area (Å²) in [7, 11) is -0.609. The molecule has 0 amide bonds. The first-order chi connectivity index (χ1) is 8.48. The lowest BCUT2D eigenvalue weighted by Gasteiger charge is -2.30. The zero-order valence-corrected chi connectivity index (χ0v) is 12.2. The second kappa shape index (κ2) is 6.50. The molecule has 1 rings (SSSR count). The highest BCUT2D eigenvalue weighted by Gasteiger charge is 2.41. The smallest absolute Gasteiger partial charge is 0.337 e. The molecule has 0 saturated heterocycles. The van der Waals surface area contributed by atoms with Gasteiger partial charge in [0, 0.05) is 19.8 Å². The predicted octanol–water partition coefficient (Wildman–Crippen LogP) is 2.76. The minimum absolute atomic E-state index is 0.266. The third-order valence-corrected chi connectivity index (χ3v) is 5.44. The summed E-state index contributed by atoms with van der Waals surface area (Å²) in [5, 5.41) is 0. The molecule has 0 N–H and O–H groups in total. The normalized spacial score (nSPS) is 24.6. The third kappa shape index (κ3) is 3.22. The van der Waals surface area contributed by atoms with Crippen LogP contribution in [0.15, 0.2) is 11.6 Å². The van der Waals surface area contributed by atoms with Gasteiger partial charge in [0.15, 0.2) is 0 Å². The van der Waals surface area contributed by atoms with E-state index >= 15 is 0 Å². The van der Waals surface area contributed by atoms with Gasteiger partial charge in [-0.25, -0.2) is 4.79 Å². The lowest BCUT2D eigenvalue weighted by molar-refractivity contribution is -0.138. The molecule has 0 fully saturated rings. The average Bonchev–Trinajstić information content (AvgIpc) is 2.38. The minimum Gasteiger partial charge on any atom is -0.463 e. The number of rotatable bonds is 5. The number of carbonyl (C=O) groups excluding carboxylic acids is 1. The van der Waals surface area contributed by atoms with Crippen LogP contribution < -0.4 is 0 Å². The van der Waals surface area contributed by atoms with Gasteiger partial charge in [0.1, 0.15) is 0 Å². The molecule has 0 aromatic carbocycles. The van der Waals surface area contributed by atoms with Crippen molar-refractivity contribution in [3.8, 4) is 0 Å². The van der Waals surface area contributed by atoms with Crippen molar-refractivity contribution in [2.45, 2.75) is 32.3 Å². The molecule has 0 aliphatic heterocycles. The van der Waals surface area contributed by atoms with Gasteiger partial charge in [-0.05, 0) is 25.7 Å². The Morgan fingerprint density at radius 2 is 2.00 bits per heavy atom. The molecule has 104 valence electrons. The summed E-state index contributed by atoms with van der Waals surface area (Å²) in [6.07, 6.45) is 3.27. The van der Waals surface area contributed by atoms with Gasteiger partial charge in [-0.2, -0.15) is 0 Å². The highest BCUT2D eigenvalue weighted by Crippen LogP contribution is 2.57. The van der Waals surface area contributed by atoms with Crippen LogP contribution >= 0.6 is 7.60 Å². The van der Waals surface area contributed by atoms with E-state index in [1.54, 1.807) is 6.92 Å². The molecule has 0 unspecified atom stereocenters. The van der Waals surface area contributed by atoms with Gasteiger partial charge in [-0.1, -0.05) is 13.0 Å². The van der Waals surface area contributed by atoms with E-state index in [0.717, 1.165) is 6.42 Å². The van der Waals surface area contributed by atoms with Crippen molar-refractivity contribution in [2.75, 3.05) is 20.8 Å².